The van der Waals surface area contributed by atoms with Crippen molar-refractivity contribution in [2.24, 2.45) is 0 Å². The van der Waals surface area contributed by atoms with Gasteiger partial charge in [0.2, 0.25) is 0 Å². The molecule has 0 unspecified atom stereocenters. The lowest BCUT2D eigenvalue weighted by molar-refractivity contribution is 1.18. The highest BCUT2D eigenvalue weighted by Crippen LogP contribution is 2.42. The summed E-state index contributed by atoms with van der Waals surface area (Å²) < 4.78 is 0. The van der Waals surface area contributed by atoms with E-state index >= 15 is 0 Å². The highest BCUT2D eigenvalue weighted by molar-refractivity contribution is 6.32. The molecule has 0 saturated carbocycles. The molecule has 4 heteroatoms. The van der Waals surface area contributed by atoms with E-state index in [0.717, 1.165) is 77.3 Å². The van der Waals surface area contributed by atoms with Crippen LogP contribution in [0.4, 0.5) is 0 Å². The fourth-order valence-electron chi connectivity index (χ4n) is 6.56. The van der Waals surface area contributed by atoms with Crippen LogP contribution in [0.5, 0.6) is 0 Å². The number of rotatable bonds is 4. The van der Waals surface area contributed by atoms with Crippen LogP contribution in [0.1, 0.15) is 0 Å². The maximum Gasteiger partial charge on any atom is 0.160 e. The van der Waals surface area contributed by atoms with Crippen molar-refractivity contribution >= 4 is 43.4 Å². The van der Waals surface area contributed by atoms with Gasteiger partial charge in [0.1, 0.15) is 0 Å². The Labute approximate surface area is 265 Å². The van der Waals surface area contributed by atoms with Gasteiger partial charge in [0.15, 0.2) is 5.82 Å². The summed E-state index contributed by atoms with van der Waals surface area (Å²) in [7, 11) is 0. The lowest BCUT2D eigenvalue weighted by atomic mass is 9.91. The van der Waals surface area contributed by atoms with E-state index in [1.807, 2.05) is 48.7 Å². The monoisotopic (exact) mass is 586 g/mol. The first-order chi connectivity index (χ1) is 22.8. The molecule has 4 nitrogen and oxygen atoms in total. The number of fused-ring (bicyclic) bond motifs is 8. The van der Waals surface area contributed by atoms with Crippen molar-refractivity contribution in [3.8, 4) is 45.2 Å². The average molecular weight is 587 g/mol. The fourth-order valence-corrected chi connectivity index (χ4v) is 6.56. The lowest BCUT2D eigenvalue weighted by Gasteiger charge is -2.16. The zero-order valence-electron chi connectivity index (χ0n) is 24.8. The Morgan fingerprint density at radius 2 is 0.935 bits per heavy atom. The van der Waals surface area contributed by atoms with E-state index in [0.29, 0.717) is 5.82 Å². The summed E-state index contributed by atoms with van der Waals surface area (Å²) >= 11 is 0. The van der Waals surface area contributed by atoms with E-state index in [2.05, 4.69) is 109 Å². The minimum Gasteiger partial charge on any atom is -0.256 e. The van der Waals surface area contributed by atoms with Crippen molar-refractivity contribution in [3.63, 3.8) is 0 Å². The molecular formula is C42H26N4. The predicted molar refractivity (Wildman–Crippen MR) is 189 cm³/mol. The minimum absolute atomic E-state index is 0.686. The topological polar surface area (TPSA) is 51.6 Å². The smallest absolute Gasteiger partial charge is 0.160 e. The zero-order valence-corrected chi connectivity index (χ0v) is 24.8. The van der Waals surface area contributed by atoms with Crippen molar-refractivity contribution in [2.45, 2.75) is 0 Å². The van der Waals surface area contributed by atoms with Gasteiger partial charge >= 0.3 is 0 Å². The van der Waals surface area contributed by atoms with Gasteiger partial charge in [-0.05, 0) is 23.6 Å². The van der Waals surface area contributed by atoms with Gasteiger partial charge in [-0.15, -0.1) is 0 Å². The first-order valence-electron chi connectivity index (χ1n) is 15.4. The third kappa shape index (κ3) is 4.31. The van der Waals surface area contributed by atoms with Crippen LogP contribution in [0.3, 0.4) is 0 Å². The number of para-hydroxylation sites is 1. The van der Waals surface area contributed by atoms with E-state index in [4.69, 9.17) is 19.9 Å². The standard InChI is InChI=1S/C42H26N4/c1-3-12-27(13-4-1)36-26-37(28-14-5-2-6-15-28)46-42(45-36)30-23-21-29(22-24-30)40-39-31-16-7-8-17-32(31)41-34(19-11-25-43-41)38(39)33-18-9-10-20-35(33)44-40/h1-26H. The van der Waals surface area contributed by atoms with E-state index in [-0.39, 0.29) is 0 Å². The lowest BCUT2D eigenvalue weighted by Crippen LogP contribution is -1.96. The summed E-state index contributed by atoms with van der Waals surface area (Å²) in [5.41, 5.74) is 8.80. The Balaban J connectivity index is 1.26. The second-order valence-electron chi connectivity index (χ2n) is 11.4. The Morgan fingerprint density at radius 3 is 1.63 bits per heavy atom. The Kier molecular flexibility index (Phi) is 6.10. The van der Waals surface area contributed by atoms with Gasteiger partial charge in [0.25, 0.3) is 0 Å². The van der Waals surface area contributed by atoms with Gasteiger partial charge in [-0.25, -0.2) is 15.0 Å². The molecule has 3 aromatic heterocycles. The quantitative estimate of drug-likeness (QED) is 0.193. The third-order valence-electron chi connectivity index (χ3n) is 8.70. The summed E-state index contributed by atoms with van der Waals surface area (Å²) in [6.07, 6.45) is 1.88. The second kappa shape index (κ2) is 10.7. The molecule has 46 heavy (non-hydrogen) atoms. The highest BCUT2D eigenvalue weighted by Gasteiger charge is 2.18. The molecule has 9 aromatic rings. The highest BCUT2D eigenvalue weighted by atomic mass is 14.9. The van der Waals surface area contributed by atoms with Crippen LogP contribution in [0.2, 0.25) is 0 Å². The zero-order chi connectivity index (χ0) is 30.5. The van der Waals surface area contributed by atoms with Crippen molar-refractivity contribution in [1.29, 1.82) is 0 Å². The Hall–Kier alpha value is -6.26. The molecule has 0 amide bonds. The minimum atomic E-state index is 0.686. The first-order valence-corrected chi connectivity index (χ1v) is 15.4. The number of pyridine rings is 2. The van der Waals surface area contributed by atoms with Gasteiger partial charge in [-0.1, -0.05) is 133 Å². The molecule has 0 bridgehead atoms. The summed E-state index contributed by atoms with van der Waals surface area (Å²) in [5.74, 6) is 0.686. The Morgan fingerprint density at radius 1 is 0.370 bits per heavy atom. The van der Waals surface area contributed by atoms with Crippen LogP contribution in [-0.2, 0) is 0 Å². The summed E-state index contributed by atoms with van der Waals surface area (Å²) in [5, 5.41) is 6.84. The van der Waals surface area contributed by atoms with Crippen molar-refractivity contribution < 1.29 is 0 Å². The van der Waals surface area contributed by atoms with Crippen LogP contribution in [0.25, 0.3) is 88.5 Å². The summed E-state index contributed by atoms with van der Waals surface area (Å²) in [6, 6.07) is 52.3. The van der Waals surface area contributed by atoms with Crippen molar-refractivity contribution in [3.05, 3.63) is 158 Å². The molecular weight excluding hydrogens is 560 g/mol. The normalized spacial score (nSPS) is 11.5. The van der Waals surface area contributed by atoms with Crippen LogP contribution in [0.15, 0.2) is 158 Å². The molecule has 0 atom stereocenters. The van der Waals surface area contributed by atoms with Gasteiger partial charge < -0.3 is 0 Å². The summed E-state index contributed by atoms with van der Waals surface area (Å²) in [6.45, 7) is 0. The van der Waals surface area contributed by atoms with Crippen LogP contribution >= 0.6 is 0 Å². The van der Waals surface area contributed by atoms with E-state index < -0.39 is 0 Å². The van der Waals surface area contributed by atoms with Crippen molar-refractivity contribution in [2.75, 3.05) is 0 Å². The molecule has 3 heterocycles. The fraction of sp³-hybridized carbons (Fsp3) is 0. The number of hydrogen-bond acceptors (Lipinski definition) is 4. The number of aromatic nitrogens is 4. The molecule has 0 fully saturated rings. The van der Waals surface area contributed by atoms with Gasteiger partial charge in [0, 0.05) is 55.4 Å². The SMILES string of the molecule is c1ccc(-c2cc(-c3ccccc3)nc(-c3ccc(-c4nc5ccccc5c5c6cccnc6c6ccccc6c45)cc3)n2)cc1. The summed E-state index contributed by atoms with van der Waals surface area (Å²) in [4.78, 5) is 20.2. The van der Waals surface area contributed by atoms with Crippen LogP contribution < -0.4 is 0 Å². The number of hydrogen-bond donors (Lipinski definition) is 0. The molecule has 9 rings (SSSR count). The van der Waals surface area contributed by atoms with E-state index in [1.54, 1.807) is 0 Å². The maximum absolute atomic E-state index is 5.29. The molecule has 0 aliphatic carbocycles. The van der Waals surface area contributed by atoms with E-state index in [1.165, 1.54) is 5.39 Å². The molecule has 0 saturated heterocycles. The molecule has 0 aliphatic heterocycles. The molecule has 0 radical (unpaired) electrons. The molecule has 0 N–H and O–H groups in total. The van der Waals surface area contributed by atoms with Gasteiger partial charge in [-0.2, -0.15) is 0 Å². The van der Waals surface area contributed by atoms with Crippen molar-refractivity contribution in [1.82, 2.24) is 19.9 Å². The Bertz CT molecular complexity index is 2500. The predicted octanol–water partition coefficient (Wildman–Crippen LogP) is 10.5. The molecule has 0 aliphatic rings. The van der Waals surface area contributed by atoms with Crippen LogP contribution in [-0.4, -0.2) is 19.9 Å². The number of nitrogens with zero attached hydrogens (tertiary/aromatic N) is 4. The average Bonchev–Trinajstić information content (AvgIpc) is 3.15. The second-order valence-corrected chi connectivity index (χ2v) is 11.4. The molecule has 6 aromatic carbocycles. The maximum atomic E-state index is 5.29. The number of benzene rings is 6. The van der Waals surface area contributed by atoms with Gasteiger partial charge in [-0.3, -0.25) is 4.98 Å². The van der Waals surface area contributed by atoms with Gasteiger partial charge in [0.05, 0.1) is 28.1 Å². The third-order valence-corrected chi connectivity index (χ3v) is 8.70. The largest absolute Gasteiger partial charge is 0.256 e. The van der Waals surface area contributed by atoms with E-state index in [9.17, 15) is 0 Å². The molecule has 0 spiro atoms. The first kappa shape index (κ1) is 26.2. The van der Waals surface area contributed by atoms with Crippen LogP contribution in [0, 0.1) is 0 Å². The molecule has 214 valence electrons.